The molecule has 1 saturated heterocycles. The number of hydrogen-bond donors (Lipinski definition) is 0. The average Bonchev–Trinajstić information content (AvgIpc) is 3.09. The van der Waals surface area contributed by atoms with Crippen molar-refractivity contribution in [3.63, 3.8) is 0 Å². The van der Waals surface area contributed by atoms with Gasteiger partial charge in [0.1, 0.15) is 0 Å². The number of amides is 2. The topological polar surface area (TPSA) is 60.5 Å². The van der Waals surface area contributed by atoms with Crippen molar-refractivity contribution in [2.24, 2.45) is 0 Å². The first kappa shape index (κ1) is 18.9. The number of benzene rings is 2. The van der Waals surface area contributed by atoms with E-state index in [4.69, 9.17) is 18.9 Å². The predicted octanol–water partition coefficient (Wildman–Crippen LogP) is 3.35. The van der Waals surface area contributed by atoms with Gasteiger partial charge in [-0.1, -0.05) is 0 Å². The van der Waals surface area contributed by atoms with Gasteiger partial charge in [0, 0.05) is 13.1 Å². The van der Waals surface area contributed by atoms with E-state index in [1.807, 2.05) is 21.9 Å². The molecule has 7 nitrogen and oxygen atoms in total. The van der Waals surface area contributed by atoms with Gasteiger partial charge >= 0.3 is 6.03 Å². The van der Waals surface area contributed by atoms with Crippen LogP contribution < -0.4 is 18.9 Å². The summed E-state index contributed by atoms with van der Waals surface area (Å²) in [6.07, 6.45) is 1.61. The highest BCUT2D eigenvalue weighted by Gasteiger charge is 2.51. The third-order valence-corrected chi connectivity index (χ3v) is 6.63. The van der Waals surface area contributed by atoms with Gasteiger partial charge in [-0.25, -0.2) is 4.79 Å². The third-order valence-electron chi connectivity index (χ3n) is 6.63. The number of urea groups is 1. The molecule has 3 aliphatic heterocycles. The smallest absolute Gasteiger partial charge is 0.321 e. The lowest BCUT2D eigenvalue weighted by Gasteiger charge is -2.36. The van der Waals surface area contributed by atoms with E-state index in [1.54, 1.807) is 28.4 Å². The van der Waals surface area contributed by atoms with Gasteiger partial charge in [-0.3, -0.25) is 0 Å². The van der Waals surface area contributed by atoms with E-state index < -0.39 is 0 Å². The molecule has 0 N–H and O–H groups in total. The molecule has 0 unspecified atom stereocenters. The second kappa shape index (κ2) is 7.00. The summed E-state index contributed by atoms with van der Waals surface area (Å²) in [5.41, 5.74) is 4.66. The van der Waals surface area contributed by atoms with Crippen LogP contribution in [0.25, 0.3) is 0 Å². The zero-order valence-electron chi connectivity index (χ0n) is 17.7. The molecule has 5 rings (SSSR count). The Kier molecular flexibility index (Phi) is 4.41. The second-order valence-electron chi connectivity index (χ2n) is 7.87. The molecule has 3 heterocycles. The number of rotatable bonds is 4. The van der Waals surface area contributed by atoms with E-state index in [-0.39, 0.29) is 18.1 Å². The largest absolute Gasteiger partial charge is 0.493 e. The summed E-state index contributed by atoms with van der Waals surface area (Å²) >= 11 is 0. The van der Waals surface area contributed by atoms with Crippen LogP contribution in [0.15, 0.2) is 24.3 Å². The number of carbonyl (C=O) groups is 1. The molecule has 0 saturated carbocycles. The molecule has 158 valence electrons. The summed E-state index contributed by atoms with van der Waals surface area (Å²) < 4.78 is 22.2. The fourth-order valence-electron chi connectivity index (χ4n) is 5.23. The minimum absolute atomic E-state index is 0.0711. The molecule has 0 bridgehead atoms. The highest BCUT2D eigenvalue weighted by molar-refractivity contribution is 5.80. The fourth-order valence-corrected chi connectivity index (χ4v) is 5.23. The van der Waals surface area contributed by atoms with Crippen molar-refractivity contribution < 1.29 is 23.7 Å². The van der Waals surface area contributed by atoms with Gasteiger partial charge in [-0.2, -0.15) is 0 Å². The predicted molar refractivity (Wildman–Crippen MR) is 111 cm³/mol. The van der Waals surface area contributed by atoms with Crippen molar-refractivity contribution in [2.75, 3.05) is 41.5 Å². The van der Waals surface area contributed by atoms with Crippen LogP contribution in [0.5, 0.6) is 23.0 Å². The molecule has 1 fully saturated rings. The van der Waals surface area contributed by atoms with Gasteiger partial charge in [-0.15, -0.1) is 0 Å². The van der Waals surface area contributed by atoms with E-state index in [2.05, 4.69) is 12.1 Å². The zero-order valence-corrected chi connectivity index (χ0v) is 17.7. The lowest BCUT2D eigenvalue weighted by molar-refractivity contribution is 0.182. The molecule has 3 aliphatic rings. The summed E-state index contributed by atoms with van der Waals surface area (Å²) in [5.74, 6) is 2.82. The van der Waals surface area contributed by atoms with Crippen molar-refractivity contribution >= 4 is 6.03 Å². The maximum atomic E-state index is 13.3. The van der Waals surface area contributed by atoms with E-state index in [9.17, 15) is 4.79 Å². The molecule has 0 radical (unpaired) electrons. The molecule has 2 amide bonds. The number of methoxy groups -OCH3 is 4. The van der Waals surface area contributed by atoms with Crippen LogP contribution in [-0.2, 0) is 12.8 Å². The van der Waals surface area contributed by atoms with Crippen LogP contribution in [-0.4, -0.2) is 57.4 Å². The Morgan fingerprint density at radius 3 is 1.40 bits per heavy atom. The lowest BCUT2D eigenvalue weighted by Crippen LogP contribution is -2.37. The van der Waals surface area contributed by atoms with Gasteiger partial charge in [0.25, 0.3) is 0 Å². The summed E-state index contributed by atoms with van der Waals surface area (Å²) in [6.45, 7) is 1.39. The highest BCUT2D eigenvalue weighted by Crippen LogP contribution is 2.53. The second-order valence-corrected chi connectivity index (χ2v) is 7.87. The number of nitrogens with zero attached hydrogens (tertiary/aromatic N) is 2. The molecular formula is C23H26N2O5. The molecule has 2 atom stereocenters. The van der Waals surface area contributed by atoms with E-state index in [0.29, 0.717) is 24.6 Å². The maximum absolute atomic E-state index is 13.3. The first-order valence-electron chi connectivity index (χ1n) is 10.2. The quantitative estimate of drug-likeness (QED) is 0.774. The number of hydrogen-bond acceptors (Lipinski definition) is 5. The van der Waals surface area contributed by atoms with E-state index >= 15 is 0 Å². The Morgan fingerprint density at radius 2 is 1.03 bits per heavy atom. The van der Waals surface area contributed by atoms with Crippen molar-refractivity contribution in [1.82, 2.24) is 9.80 Å². The number of fused-ring (bicyclic) bond motifs is 7. The van der Waals surface area contributed by atoms with Gasteiger partial charge in [0.2, 0.25) is 0 Å². The van der Waals surface area contributed by atoms with Crippen LogP contribution in [0, 0.1) is 0 Å². The molecule has 0 spiro atoms. The summed E-state index contributed by atoms with van der Waals surface area (Å²) in [6, 6.07) is 8.14. The molecular weight excluding hydrogens is 384 g/mol. The Morgan fingerprint density at radius 1 is 0.667 bits per heavy atom. The number of ether oxygens (including phenoxy) is 4. The van der Waals surface area contributed by atoms with Crippen LogP contribution in [0.3, 0.4) is 0 Å². The van der Waals surface area contributed by atoms with Crippen LogP contribution >= 0.6 is 0 Å². The van der Waals surface area contributed by atoms with Gasteiger partial charge in [-0.05, 0) is 59.4 Å². The first-order valence-corrected chi connectivity index (χ1v) is 10.2. The number of carbonyl (C=O) groups excluding carboxylic acids is 1. The van der Waals surface area contributed by atoms with Crippen molar-refractivity contribution in [2.45, 2.75) is 24.9 Å². The van der Waals surface area contributed by atoms with Crippen molar-refractivity contribution in [3.05, 3.63) is 46.5 Å². The Labute approximate surface area is 176 Å². The Bertz CT molecular complexity index is 942. The normalized spacial score (nSPS) is 21.4. The monoisotopic (exact) mass is 410 g/mol. The summed E-state index contributed by atoms with van der Waals surface area (Å²) in [7, 11) is 6.59. The standard InChI is InChI=1S/C23H26N2O5/c1-27-17-9-13-5-7-24-21(15(13)11-19(17)29-3)22-16-12-20(30-4)18(28-2)10-14(16)6-8-25(22)23(24)26/h9-12,21-22H,5-8H2,1-4H3/t21-,22-/m0/s1. The maximum Gasteiger partial charge on any atom is 0.321 e. The van der Waals surface area contributed by atoms with Crippen LogP contribution in [0.1, 0.15) is 34.3 Å². The molecule has 0 aliphatic carbocycles. The minimum atomic E-state index is -0.0711. The zero-order chi connectivity index (χ0) is 21.0. The minimum Gasteiger partial charge on any atom is -0.493 e. The van der Waals surface area contributed by atoms with Crippen molar-refractivity contribution in [3.8, 4) is 23.0 Å². The van der Waals surface area contributed by atoms with Gasteiger partial charge < -0.3 is 28.7 Å². The summed E-state index contributed by atoms with van der Waals surface area (Å²) in [4.78, 5) is 17.3. The SMILES string of the molecule is COc1cc2c(cc1OC)[C@H]1[C@@H]3c4cc(OC)c(OC)cc4CCN3C(=O)N1CC2. The van der Waals surface area contributed by atoms with E-state index in [0.717, 1.165) is 35.5 Å². The molecule has 2 aromatic rings. The van der Waals surface area contributed by atoms with Gasteiger partial charge in [0.15, 0.2) is 23.0 Å². The molecule has 0 aromatic heterocycles. The van der Waals surface area contributed by atoms with Crippen molar-refractivity contribution in [1.29, 1.82) is 0 Å². The molecule has 7 heteroatoms. The highest BCUT2D eigenvalue weighted by atomic mass is 16.5. The Balaban J connectivity index is 1.68. The Hall–Kier alpha value is -3.09. The van der Waals surface area contributed by atoms with E-state index in [1.165, 1.54) is 11.1 Å². The third kappa shape index (κ3) is 2.54. The molecule has 30 heavy (non-hydrogen) atoms. The summed E-state index contributed by atoms with van der Waals surface area (Å²) in [5, 5.41) is 0. The van der Waals surface area contributed by atoms with Crippen LogP contribution in [0.2, 0.25) is 0 Å². The van der Waals surface area contributed by atoms with Crippen LogP contribution in [0.4, 0.5) is 4.79 Å². The fraction of sp³-hybridized carbons (Fsp3) is 0.435. The van der Waals surface area contributed by atoms with Gasteiger partial charge in [0.05, 0.1) is 40.5 Å². The molecule has 2 aromatic carbocycles. The first-order chi connectivity index (χ1) is 14.6. The average molecular weight is 410 g/mol. The lowest BCUT2D eigenvalue weighted by atomic mass is 9.82.